The summed E-state index contributed by atoms with van der Waals surface area (Å²) in [6, 6.07) is 3.77. The summed E-state index contributed by atoms with van der Waals surface area (Å²) >= 11 is 7.30. The summed E-state index contributed by atoms with van der Waals surface area (Å²) in [5.41, 5.74) is 0.850. The minimum Gasteiger partial charge on any atom is -0.295 e. The quantitative estimate of drug-likeness (QED) is 0.714. The monoisotopic (exact) mass is 228 g/mol. The lowest BCUT2D eigenvalue weighted by molar-refractivity contribution is -0.113. The van der Waals surface area contributed by atoms with Crippen LogP contribution < -0.4 is 0 Å². The fraction of sp³-hybridized carbons (Fsp3) is 0.364. The van der Waals surface area contributed by atoms with Gasteiger partial charge in [0.1, 0.15) is 0 Å². The molecule has 0 aromatic carbocycles. The second kappa shape index (κ2) is 4.76. The van der Waals surface area contributed by atoms with Crippen LogP contribution in [0.15, 0.2) is 17.7 Å². The number of rotatable bonds is 3. The molecule has 0 radical (unpaired) electrons. The Morgan fingerprint density at radius 1 is 1.50 bits per heavy atom. The second-order valence-electron chi connectivity index (χ2n) is 3.45. The molecule has 1 rings (SSSR count). The van der Waals surface area contributed by atoms with Crippen LogP contribution in [0.3, 0.4) is 0 Å². The van der Waals surface area contributed by atoms with Gasteiger partial charge in [-0.3, -0.25) is 4.79 Å². The highest BCUT2D eigenvalue weighted by molar-refractivity contribution is 7.17. The van der Waals surface area contributed by atoms with Gasteiger partial charge in [-0.05, 0) is 36.6 Å². The highest BCUT2D eigenvalue weighted by atomic mass is 35.5. The van der Waals surface area contributed by atoms with Gasteiger partial charge >= 0.3 is 0 Å². The molecule has 3 heteroatoms. The molecule has 0 unspecified atom stereocenters. The molecule has 0 aliphatic carbocycles. The summed E-state index contributed by atoms with van der Waals surface area (Å²) in [6.07, 6.45) is 1.92. The molecule has 0 atom stereocenters. The molecule has 0 fully saturated rings. The van der Waals surface area contributed by atoms with E-state index in [1.165, 1.54) is 11.3 Å². The molecule has 0 saturated heterocycles. The third-order valence-electron chi connectivity index (χ3n) is 1.92. The van der Waals surface area contributed by atoms with Gasteiger partial charge in [0.25, 0.3) is 0 Å². The van der Waals surface area contributed by atoms with Crippen molar-refractivity contribution in [1.82, 2.24) is 0 Å². The summed E-state index contributed by atoms with van der Waals surface area (Å²) in [5, 5.41) is 0. The SMILES string of the molecule is CC(=O)/C(=C/c1ccc(Cl)s1)C(C)C. The summed E-state index contributed by atoms with van der Waals surface area (Å²) in [7, 11) is 0. The van der Waals surface area contributed by atoms with E-state index in [1.54, 1.807) is 6.92 Å². The first-order valence-corrected chi connectivity index (χ1v) is 5.68. The Balaban J connectivity index is 2.99. The molecular formula is C11H13ClOS. The third-order valence-corrected chi connectivity index (χ3v) is 3.10. The number of thiophene rings is 1. The van der Waals surface area contributed by atoms with Crippen molar-refractivity contribution >= 4 is 34.8 Å². The van der Waals surface area contributed by atoms with Crippen molar-refractivity contribution in [3.05, 3.63) is 26.9 Å². The Morgan fingerprint density at radius 3 is 2.50 bits per heavy atom. The van der Waals surface area contributed by atoms with E-state index in [-0.39, 0.29) is 11.7 Å². The first-order chi connectivity index (χ1) is 6.50. The number of ketones is 1. The molecule has 1 nitrogen and oxygen atoms in total. The van der Waals surface area contributed by atoms with Gasteiger partial charge in [-0.25, -0.2) is 0 Å². The van der Waals surface area contributed by atoms with Crippen molar-refractivity contribution in [3.8, 4) is 0 Å². The van der Waals surface area contributed by atoms with Gasteiger partial charge in [0.05, 0.1) is 4.34 Å². The van der Waals surface area contributed by atoms with Crippen molar-refractivity contribution in [2.45, 2.75) is 20.8 Å². The largest absolute Gasteiger partial charge is 0.295 e. The zero-order valence-electron chi connectivity index (χ0n) is 8.50. The maximum Gasteiger partial charge on any atom is 0.156 e. The fourth-order valence-corrected chi connectivity index (χ4v) is 2.25. The van der Waals surface area contributed by atoms with Gasteiger partial charge in [0.2, 0.25) is 0 Å². The van der Waals surface area contributed by atoms with Crippen LogP contribution in [0.25, 0.3) is 6.08 Å². The molecule has 1 heterocycles. The average molecular weight is 229 g/mol. The Labute approximate surface area is 93.4 Å². The van der Waals surface area contributed by atoms with E-state index in [0.29, 0.717) is 0 Å². The average Bonchev–Trinajstić information content (AvgIpc) is 2.46. The van der Waals surface area contributed by atoms with Crippen molar-refractivity contribution < 1.29 is 4.79 Å². The van der Waals surface area contributed by atoms with Gasteiger partial charge < -0.3 is 0 Å². The topological polar surface area (TPSA) is 17.1 Å². The van der Waals surface area contributed by atoms with Crippen molar-refractivity contribution in [1.29, 1.82) is 0 Å². The molecule has 1 aromatic rings. The van der Waals surface area contributed by atoms with Crippen LogP contribution in [0.5, 0.6) is 0 Å². The summed E-state index contributed by atoms with van der Waals surface area (Å²) in [4.78, 5) is 12.3. The van der Waals surface area contributed by atoms with Gasteiger partial charge in [0, 0.05) is 4.88 Å². The zero-order chi connectivity index (χ0) is 10.7. The van der Waals surface area contributed by atoms with E-state index < -0.39 is 0 Å². The molecule has 0 aliphatic heterocycles. The van der Waals surface area contributed by atoms with Crippen LogP contribution >= 0.6 is 22.9 Å². The van der Waals surface area contributed by atoms with Crippen LogP contribution in [0, 0.1) is 5.92 Å². The van der Waals surface area contributed by atoms with Crippen molar-refractivity contribution in [3.63, 3.8) is 0 Å². The van der Waals surface area contributed by atoms with Crippen LogP contribution in [0.1, 0.15) is 25.6 Å². The Hall–Kier alpha value is -0.600. The molecule has 1 aromatic heterocycles. The molecule has 0 spiro atoms. The molecule has 14 heavy (non-hydrogen) atoms. The number of allylic oxidation sites excluding steroid dienone is 1. The van der Waals surface area contributed by atoms with Crippen molar-refractivity contribution in [2.24, 2.45) is 5.92 Å². The van der Waals surface area contributed by atoms with Crippen molar-refractivity contribution in [2.75, 3.05) is 0 Å². The van der Waals surface area contributed by atoms with Crippen LogP contribution in [-0.4, -0.2) is 5.78 Å². The molecular weight excluding hydrogens is 216 g/mol. The number of Topliss-reactive ketones (excluding diaryl/α,β-unsaturated/α-hetero) is 1. The minimum atomic E-state index is 0.129. The van der Waals surface area contributed by atoms with Gasteiger partial charge in [0.15, 0.2) is 5.78 Å². The zero-order valence-corrected chi connectivity index (χ0v) is 10.1. The van der Waals surface area contributed by atoms with Crippen LogP contribution in [0.4, 0.5) is 0 Å². The lowest BCUT2D eigenvalue weighted by Gasteiger charge is -2.06. The lowest BCUT2D eigenvalue weighted by atomic mass is 9.99. The summed E-state index contributed by atoms with van der Waals surface area (Å²) in [6.45, 7) is 5.63. The van der Waals surface area contributed by atoms with E-state index >= 15 is 0 Å². The van der Waals surface area contributed by atoms with Gasteiger partial charge in [-0.15, -0.1) is 11.3 Å². The van der Waals surface area contributed by atoms with Gasteiger partial charge in [-0.1, -0.05) is 25.4 Å². The standard InChI is InChI=1S/C11H13ClOS/c1-7(2)10(8(3)13)6-9-4-5-11(12)14-9/h4-7H,1-3H3/b10-6+. The van der Waals surface area contributed by atoms with E-state index in [1.807, 2.05) is 32.1 Å². The maximum absolute atomic E-state index is 11.3. The number of hydrogen-bond donors (Lipinski definition) is 0. The highest BCUT2D eigenvalue weighted by Gasteiger charge is 2.08. The summed E-state index contributed by atoms with van der Waals surface area (Å²) in [5.74, 6) is 0.387. The Morgan fingerprint density at radius 2 is 2.14 bits per heavy atom. The number of halogens is 1. The predicted molar refractivity (Wildman–Crippen MR) is 62.8 cm³/mol. The number of hydrogen-bond acceptors (Lipinski definition) is 2. The minimum absolute atomic E-state index is 0.129. The normalized spacial score (nSPS) is 12.2. The van der Waals surface area contributed by atoms with E-state index in [2.05, 4.69) is 0 Å². The Kier molecular flexibility index (Phi) is 3.90. The maximum atomic E-state index is 11.3. The number of carbonyl (C=O) groups excluding carboxylic acids is 1. The molecule has 76 valence electrons. The molecule has 0 aliphatic rings. The van der Waals surface area contributed by atoms with E-state index in [0.717, 1.165) is 14.8 Å². The fourth-order valence-electron chi connectivity index (χ4n) is 1.23. The highest BCUT2D eigenvalue weighted by Crippen LogP contribution is 2.25. The first kappa shape index (κ1) is 11.5. The first-order valence-electron chi connectivity index (χ1n) is 4.48. The Bertz CT molecular complexity index is 363. The van der Waals surface area contributed by atoms with Crippen LogP contribution in [0.2, 0.25) is 4.34 Å². The van der Waals surface area contributed by atoms with E-state index in [9.17, 15) is 4.79 Å². The molecule has 0 saturated carbocycles. The van der Waals surface area contributed by atoms with Gasteiger partial charge in [-0.2, -0.15) is 0 Å². The lowest BCUT2D eigenvalue weighted by Crippen LogP contribution is -2.03. The molecule has 0 amide bonds. The number of carbonyl (C=O) groups is 1. The summed E-state index contributed by atoms with van der Waals surface area (Å²) < 4.78 is 0.753. The molecule has 0 N–H and O–H groups in total. The molecule has 0 bridgehead atoms. The third kappa shape index (κ3) is 2.96. The second-order valence-corrected chi connectivity index (χ2v) is 5.20. The smallest absolute Gasteiger partial charge is 0.156 e. The van der Waals surface area contributed by atoms with E-state index in [4.69, 9.17) is 11.6 Å². The van der Waals surface area contributed by atoms with Crippen LogP contribution in [-0.2, 0) is 4.79 Å². The predicted octanol–water partition coefficient (Wildman–Crippen LogP) is 4.03.